The van der Waals surface area contributed by atoms with Crippen LogP contribution in [-0.4, -0.2) is 19.7 Å². The molecule has 0 amide bonds. The van der Waals surface area contributed by atoms with Crippen molar-refractivity contribution in [3.05, 3.63) is 40.2 Å². The van der Waals surface area contributed by atoms with Gasteiger partial charge in [-0.15, -0.1) is 0 Å². The van der Waals surface area contributed by atoms with Gasteiger partial charge in [0.15, 0.2) is 0 Å². The Morgan fingerprint density at radius 3 is 2.94 bits per heavy atom. The lowest BCUT2D eigenvalue weighted by Crippen LogP contribution is -2.05. The molecule has 0 aliphatic rings. The molecule has 0 aliphatic heterocycles. The number of nitrogen functional groups attached to an aromatic ring is 1. The third kappa shape index (κ3) is 2.54. The highest BCUT2D eigenvalue weighted by Crippen LogP contribution is 2.23. The van der Waals surface area contributed by atoms with Gasteiger partial charge >= 0.3 is 5.69 Å². The first kappa shape index (κ1) is 11.8. The second kappa shape index (κ2) is 4.70. The summed E-state index contributed by atoms with van der Waals surface area (Å²) in [6, 6.07) is 2.72. The molecule has 0 atom stereocenters. The minimum atomic E-state index is -0.502. The summed E-state index contributed by atoms with van der Waals surface area (Å²) in [5.74, 6) is 0.387. The van der Waals surface area contributed by atoms with Gasteiger partial charge in [-0.25, -0.2) is 4.98 Å². The molecule has 0 bridgehead atoms. The molecule has 3 N–H and O–H groups in total. The number of hydrogen-bond donors (Lipinski definition) is 2. The number of hydrogen-bond acceptors (Lipinski definition) is 6. The van der Waals surface area contributed by atoms with Gasteiger partial charge in [-0.3, -0.25) is 14.8 Å². The lowest BCUT2D eigenvalue weighted by atomic mass is 10.3. The summed E-state index contributed by atoms with van der Waals surface area (Å²) >= 11 is 0. The SMILES string of the molecule is Cn1cc(CNc2nc(N)ccc2[N+](=O)[O-])cn1. The number of aromatic nitrogens is 3. The highest BCUT2D eigenvalue weighted by atomic mass is 16.6. The van der Waals surface area contributed by atoms with Crippen molar-refractivity contribution in [1.82, 2.24) is 14.8 Å². The van der Waals surface area contributed by atoms with Gasteiger partial charge in [-0.1, -0.05) is 0 Å². The van der Waals surface area contributed by atoms with E-state index in [0.29, 0.717) is 6.54 Å². The van der Waals surface area contributed by atoms with Crippen LogP contribution in [0.3, 0.4) is 0 Å². The van der Waals surface area contributed by atoms with Gasteiger partial charge in [0.25, 0.3) is 0 Å². The Morgan fingerprint density at radius 2 is 2.33 bits per heavy atom. The first-order valence-electron chi connectivity index (χ1n) is 5.18. The molecule has 18 heavy (non-hydrogen) atoms. The van der Waals surface area contributed by atoms with E-state index in [9.17, 15) is 10.1 Å². The summed E-state index contributed by atoms with van der Waals surface area (Å²) in [5, 5.41) is 17.7. The number of nitrogens with two attached hydrogens (primary N) is 1. The molecule has 2 aromatic heterocycles. The number of aryl methyl sites for hydroxylation is 1. The van der Waals surface area contributed by atoms with Crippen LogP contribution in [0.15, 0.2) is 24.5 Å². The van der Waals surface area contributed by atoms with Crippen LogP contribution in [0.5, 0.6) is 0 Å². The minimum absolute atomic E-state index is 0.104. The van der Waals surface area contributed by atoms with Crippen molar-refractivity contribution in [2.45, 2.75) is 6.54 Å². The molecular formula is C10H12N6O2. The van der Waals surface area contributed by atoms with Gasteiger partial charge in [0.1, 0.15) is 5.82 Å². The summed E-state index contributed by atoms with van der Waals surface area (Å²) in [4.78, 5) is 14.2. The van der Waals surface area contributed by atoms with Crippen LogP contribution < -0.4 is 11.1 Å². The molecule has 94 valence electrons. The standard InChI is InChI=1S/C10H12N6O2/c1-15-6-7(5-13-15)4-12-10-8(16(17)18)2-3-9(11)14-10/h2-3,5-6H,4H2,1H3,(H3,11,12,14). The molecule has 0 unspecified atom stereocenters. The molecular weight excluding hydrogens is 236 g/mol. The molecule has 2 aromatic rings. The Bertz CT molecular complexity index is 579. The van der Waals surface area contributed by atoms with Crippen molar-refractivity contribution in [2.24, 2.45) is 7.05 Å². The van der Waals surface area contributed by atoms with Crippen molar-refractivity contribution >= 4 is 17.3 Å². The Morgan fingerprint density at radius 1 is 1.56 bits per heavy atom. The fourth-order valence-electron chi connectivity index (χ4n) is 1.49. The first-order chi connectivity index (χ1) is 8.56. The Labute approximate surface area is 103 Å². The predicted molar refractivity (Wildman–Crippen MR) is 65.8 cm³/mol. The van der Waals surface area contributed by atoms with Crippen LogP contribution in [-0.2, 0) is 13.6 Å². The van der Waals surface area contributed by atoms with E-state index in [1.165, 1.54) is 12.1 Å². The van der Waals surface area contributed by atoms with Crippen molar-refractivity contribution in [3.63, 3.8) is 0 Å². The average molecular weight is 248 g/mol. The van der Waals surface area contributed by atoms with E-state index in [4.69, 9.17) is 5.73 Å². The molecule has 2 rings (SSSR count). The van der Waals surface area contributed by atoms with Gasteiger partial charge in [0, 0.05) is 31.4 Å². The number of rotatable bonds is 4. The first-order valence-corrected chi connectivity index (χ1v) is 5.18. The minimum Gasteiger partial charge on any atom is -0.384 e. The fourth-order valence-corrected chi connectivity index (χ4v) is 1.49. The number of nitro groups is 1. The van der Waals surface area contributed by atoms with Crippen LogP contribution in [0, 0.1) is 10.1 Å². The zero-order valence-electron chi connectivity index (χ0n) is 9.70. The van der Waals surface area contributed by atoms with Crippen LogP contribution in [0.1, 0.15) is 5.56 Å². The lowest BCUT2D eigenvalue weighted by molar-refractivity contribution is -0.384. The highest BCUT2D eigenvalue weighted by Gasteiger charge is 2.15. The average Bonchev–Trinajstić information content (AvgIpc) is 2.72. The van der Waals surface area contributed by atoms with Crippen LogP contribution in [0.4, 0.5) is 17.3 Å². The topological polar surface area (TPSA) is 112 Å². The fraction of sp³-hybridized carbons (Fsp3) is 0.200. The molecule has 0 saturated carbocycles. The highest BCUT2D eigenvalue weighted by molar-refractivity contribution is 5.59. The molecule has 0 aromatic carbocycles. The van der Waals surface area contributed by atoms with Crippen molar-refractivity contribution < 1.29 is 4.92 Å². The number of nitrogens with one attached hydrogen (secondary N) is 1. The van der Waals surface area contributed by atoms with E-state index in [-0.39, 0.29) is 17.3 Å². The van der Waals surface area contributed by atoms with Crippen LogP contribution >= 0.6 is 0 Å². The maximum absolute atomic E-state index is 10.8. The zero-order valence-corrected chi connectivity index (χ0v) is 9.70. The summed E-state index contributed by atoms with van der Waals surface area (Å²) in [7, 11) is 1.80. The predicted octanol–water partition coefficient (Wildman–Crippen LogP) is 0.918. The van der Waals surface area contributed by atoms with Crippen molar-refractivity contribution in [3.8, 4) is 0 Å². The smallest absolute Gasteiger partial charge is 0.311 e. The van der Waals surface area contributed by atoms with Gasteiger partial charge in [-0.2, -0.15) is 5.10 Å². The molecule has 0 radical (unpaired) electrons. The number of anilines is 2. The second-order valence-electron chi connectivity index (χ2n) is 3.74. The maximum atomic E-state index is 10.8. The number of pyridine rings is 1. The van der Waals surface area contributed by atoms with E-state index >= 15 is 0 Å². The largest absolute Gasteiger partial charge is 0.384 e. The normalized spacial score (nSPS) is 10.3. The summed E-state index contributed by atoms with van der Waals surface area (Å²) < 4.78 is 1.65. The molecule has 0 saturated heterocycles. The molecule has 8 heteroatoms. The molecule has 2 heterocycles. The molecule has 8 nitrogen and oxygen atoms in total. The zero-order chi connectivity index (χ0) is 13.1. The quantitative estimate of drug-likeness (QED) is 0.614. The molecule has 0 fully saturated rings. The van der Waals surface area contributed by atoms with Gasteiger partial charge in [0.05, 0.1) is 11.1 Å². The number of nitrogens with zero attached hydrogens (tertiary/aromatic N) is 4. The van der Waals surface area contributed by atoms with E-state index in [1.54, 1.807) is 17.9 Å². The van der Waals surface area contributed by atoms with Gasteiger partial charge < -0.3 is 11.1 Å². The van der Waals surface area contributed by atoms with E-state index < -0.39 is 4.92 Å². The van der Waals surface area contributed by atoms with E-state index in [0.717, 1.165) is 5.56 Å². The Balaban J connectivity index is 2.17. The molecule has 0 spiro atoms. The van der Waals surface area contributed by atoms with E-state index in [2.05, 4.69) is 15.4 Å². The van der Waals surface area contributed by atoms with Crippen LogP contribution in [0.25, 0.3) is 0 Å². The van der Waals surface area contributed by atoms with Crippen molar-refractivity contribution in [1.29, 1.82) is 0 Å². The summed E-state index contributed by atoms with van der Waals surface area (Å²) in [6.07, 6.45) is 3.48. The Hall–Kier alpha value is -2.64. The summed E-state index contributed by atoms with van der Waals surface area (Å²) in [6.45, 7) is 0.394. The molecule has 0 aliphatic carbocycles. The lowest BCUT2D eigenvalue weighted by Gasteiger charge is -2.05. The third-order valence-corrected chi connectivity index (χ3v) is 2.31. The van der Waals surface area contributed by atoms with Crippen LogP contribution in [0.2, 0.25) is 0 Å². The maximum Gasteiger partial charge on any atom is 0.311 e. The van der Waals surface area contributed by atoms with Gasteiger partial charge in [0.2, 0.25) is 5.82 Å². The Kier molecular flexibility index (Phi) is 3.09. The van der Waals surface area contributed by atoms with E-state index in [1.807, 2.05) is 6.20 Å². The monoisotopic (exact) mass is 248 g/mol. The van der Waals surface area contributed by atoms with Crippen molar-refractivity contribution in [2.75, 3.05) is 11.1 Å². The second-order valence-corrected chi connectivity index (χ2v) is 3.74. The van der Waals surface area contributed by atoms with Gasteiger partial charge in [-0.05, 0) is 6.07 Å². The summed E-state index contributed by atoms with van der Waals surface area (Å²) in [5.41, 5.74) is 6.31. The third-order valence-electron chi connectivity index (χ3n) is 2.31.